The molecule has 3 aromatic rings. The Kier molecular flexibility index (Phi) is 3.06. The molecule has 0 bridgehead atoms. The van der Waals surface area contributed by atoms with Gasteiger partial charge in [-0.2, -0.15) is 0 Å². The molecule has 2 aromatic carbocycles. The number of nitrogens with zero attached hydrogens (tertiary/aromatic N) is 1. The Hall–Kier alpha value is -2.49. The van der Waals surface area contributed by atoms with E-state index in [2.05, 4.69) is 4.57 Å². The van der Waals surface area contributed by atoms with Gasteiger partial charge in [-0.1, -0.05) is 6.07 Å². The molecule has 0 fully saturated rings. The van der Waals surface area contributed by atoms with Crippen LogP contribution >= 0.6 is 0 Å². The lowest BCUT2D eigenvalue weighted by atomic mass is 10.2. The quantitative estimate of drug-likeness (QED) is 0.741. The molecule has 102 valence electrons. The van der Waals surface area contributed by atoms with Crippen molar-refractivity contribution >= 4 is 16.6 Å². The van der Waals surface area contributed by atoms with Crippen LogP contribution in [0.4, 0.5) is 10.1 Å². The van der Waals surface area contributed by atoms with Gasteiger partial charge >= 0.3 is 0 Å². The van der Waals surface area contributed by atoms with Gasteiger partial charge in [-0.25, -0.2) is 4.39 Å². The Morgan fingerprint density at radius 3 is 2.75 bits per heavy atom. The van der Waals surface area contributed by atoms with E-state index >= 15 is 0 Å². The van der Waals surface area contributed by atoms with Crippen LogP contribution in [-0.4, -0.2) is 11.7 Å². The Bertz CT molecular complexity index is 764. The van der Waals surface area contributed by atoms with Gasteiger partial charge in [-0.05, 0) is 42.0 Å². The molecule has 0 saturated carbocycles. The van der Waals surface area contributed by atoms with E-state index < -0.39 is 0 Å². The Morgan fingerprint density at radius 2 is 2.00 bits per heavy atom. The predicted octanol–water partition coefficient (Wildman–Crippen LogP) is 3.42. The second kappa shape index (κ2) is 4.89. The Balaban J connectivity index is 1.96. The summed E-state index contributed by atoms with van der Waals surface area (Å²) in [7, 11) is 1.65. The third-order valence-corrected chi connectivity index (χ3v) is 3.40. The molecule has 0 amide bonds. The number of nitrogen functional groups attached to an aromatic ring is 1. The summed E-state index contributed by atoms with van der Waals surface area (Å²) in [4.78, 5) is 0. The zero-order valence-corrected chi connectivity index (χ0v) is 11.1. The second-order valence-electron chi connectivity index (χ2n) is 4.72. The maximum absolute atomic E-state index is 13.5. The normalized spacial score (nSPS) is 10.9. The van der Waals surface area contributed by atoms with Crippen LogP contribution in [0.5, 0.6) is 5.75 Å². The number of benzene rings is 2. The molecule has 0 atom stereocenters. The standard InChI is InChI=1S/C16H15FN2O/c1-20-13-3-5-16-12(9-13)6-7-19(16)10-11-2-4-15(18)14(17)8-11/h2-9H,10,18H2,1H3. The van der Waals surface area contributed by atoms with Crippen LogP contribution < -0.4 is 10.5 Å². The topological polar surface area (TPSA) is 40.2 Å². The number of hydrogen-bond acceptors (Lipinski definition) is 2. The van der Waals surface area contributed by atoms with E-state index in [0.29, 0.717) is 6.54 Å². The molecule has 3 rings (SSSR count). The van der Waals surface area contributed by atoms with Crippen LogP contribution in [0.3, 0.4) is 0 Å². The Labute approximate surface area is 116 Å². The van der Waals surface area contributed by atoms with Gasteiger partial charge in [-0.3, -0.25) is 0 Å². The molecular weight excluding hydrogens is 255 g/mol. The fourth-order valence-corrected chi connectivity index (χ4v) is 2.31. The number of halogens is 1. The number of aromatic nitrogens is 1. The lowest BCUT2D eigenvalue weighted by Gasteiger charge is -2.07. The van der Waals surface area contributed by atoms with Gasteiger partial charge in [0.05, 0.1) is 12.8 Å². The van der Waals surface area contributed by atoms with Crippen molar-refractivity contribution in [1.82, 2.24) is 4.57 Å². The summed E-state index contributed by atoms with van der Waals surface area (Å²) in [6, 6.07) is 12.8. The number of anilines is 1. The first-order chi connectivity index (χ1) is 9.67. The van der Waals surface area contributed by atoms with Crippen molar-refractivity contribution < 1.29 is 9.13 Å². The van der Waals surface area contributed by atoms with Gasteiger partial charge in [-0.15, -0.1) is 0 Å². The highest BCUT2D eigenvalue weighted by Gasteiger charge is 2.05. The van der Waals surface area contributed by atoms with Crippen LogP contribution in [0.1, 0.15) is 5.56 Å². The average molecular weight is 270 g/mol. The van der Waals surface area contributed by atoms with Gasteiger partial charge in [0.25, 0.3) is 0 Å². The van der Waals surface area contributed by atoms with Crippen molar-refractivity contribution in [3.8, 4) is 5.75 Å². The van der Waals surface area contributed by atoms with E-state index in [9.17, 15) is 4.39 Å². The highest BCUT2D eigenvalue weighted by Crippen LogP contribution is 2.23. The summed E-state index contributed by atoms with van der Waals surface area (Å²) in [5.74, 6) is 0.453. The molecule has 0 spiro atoms. The molecule has 0 unspecified atom stereocenters. The average Bonchev–Trinajstić information content (AvgIpc) is 2.85. The lowest BCUT2D eigenvalue weighted by molar-refractivity contribution is 0.415. The van der Waals surface area contributed by atoms with Crippen LogP contribution in [0, 0.1) is 5.82 Å². The van der Waals surface area contributed by atoms with E-state index in [0.717, 1.165) is 22.2 Å². The minimum absolute atomic E-state index is 0.177. The van der Waals surface area contributed by atoms with Gasteiger partial charge in [0.2, 0.25) is 0 Å². The van der Waals surface area contributed by atoms with Crippen LogP contribution in [0.2, 0.25) is 0 Å². The molecule has 2 N–H and O–H groups in total. The second-order valence-corrected chi connectivity index (χ2v) is 4.72. The number of fused-ring (bicyclic) bond motifs is 1. The number of rotatable bonds is 3. The van der Waals surface area contributed by atoms with Crippen molar-refractivity contribution in [1.29, 1.82) is 0 Å². The molecule has 3 nitrogen and oxygen atoms in total. The van der Waals surface area contributed by atoms with Crippen molar-refractivity contribution in [3.63, 3.8) is 0 Å². The van der Waals surface area contributed by atoms with Gasteiger partial charge in [0.1, 0.15) is 11.6 Å². The van der Waals surface area contributed by atoms with Crippen molar-refractivity contribution in [2.45, 2.75) is 6.54 Å². The van der Waals surface area contributed by atoms with Gasteiger partial charge < -0.3 is 15.0 Å². The van der Waals surface area contributed by atoms with E-state index in [-0.39, 0.29) is 11.5 Å². The number of ether oxygens (including phenoxy) is 1. The van der Waals surface area contributed by atoms with Gasteiger partial charge in [0, 0.05) is 23.6 Å². The van der Waals surface area contributed by atoms with Crippen LogP contribution in [0.25, 0.3) is 10.9 Å². The minimum atomic E-state index is -0.374. The molecule has 0 saturated heterocycles. The zero-order chi connectivity index (χ0) is 14.1. The molecule has 0 aliphatic rings. The first-order valence-electron chi connectivity index (χ1n) is 6.34. The van der Waals surface area contributed by atoms with Gasteiger partial charge in [0.15, 0.2) is 0 Å². The van der Waals surface area contributed by atoms with E-state index in [1.807, 2.05) is 36.5 Å². The molecule has 0 radical (unpaired) electrons. The van der Waals surface area contributed by atoms with E-state index in [1.165, 1.54) is 6.07 Å². The van der Waals surface area contributed by atoms with E-state index in [4.69, 9.17) is 10.5 Å². The monoisotopic (exact) mass is 270 g/mol. The number of hydrogen-bond donors (Lipinski definition) is 1. The fourth-order valence-electron chi connectivity index (χ4n) is 2.31. The van der Waals surface area contributed by atoms with E-state index in [1.54, 1.807) is 13.2 Å². The van der Waals surface area contributed by atoms with Crippen LogP contribution in [0.15, 0.2) is 48.7 Å². The number of nitrogens with two attached hydrogens (primary N) is 1. The largest absolute Gasteiger partial charge is 0.497 e. The van der Waals surface area contributed by atoms with Crippen molar-refractivity contribution in [2.75, 3.05) is 12.8 Å². The third-order valence-electron chi connectivity index (χ3n) is 3.40. The minimum Gasteiger partial charge on any atom is -0.497 e. The molecule has 1 aromatic heterocycles. The van der Waals surface area contributed by atoms with Crippen LogP contribution in [-0.2, 0) is 6.54 Å². The maximum Gasteiger partial charge on any atom is 0.146 e. The maximum atomic E-state index is 13.5. The van der Waals surface area contributed by atoms with Crippen molar-refractivity contribution in [3.05, 3.63) is 60.0 Å². The number of methoxy groups -OCH3 is 1. The summed E-state index contributed by atoms with van der Waals surface area (Å²) in [5, 5.41) is 1.10. The fraction of sp³-hybridized carbons (Fsp3) is 0.125. The Morgan fingerprint density at radius 1 is 1.15 bits per heavy atom. The molecule has 0 aliphatic carbocycles. The summed E-state index contributed by atoms with van der Waals surface area (Å²) in [6.07, 6.45) is 1.98. The predicted molar refractivity (Wildman–Crippen MR) is 78.4 cm³/mol. The summed E-state index contributed by atoms with van der Waals surface area (Å²) in [6.45, 7) is 0.604. The molecule has 4 heteroatoms. The summed E-state index contributed by atoms with van der Waals surface area (Å²) >= 11 is 0. The molecule has 1 heterocycles. The first kappa shape index (κ1) is 12.5. The summed E-state index contributed by atoms with van der Waals surface area (Å²) in [5.41, 5.74) is 7.63. The molecule has 0 aliphatic heterocycles. The zero-order valence-electron chi connectivity index (χ0n) is 11.1. The van der Waals surface area contributed by atoms with Crippen molar-refractivity contribution in [2.24, 2.45) is 0 Å². The summed E-state index contributed by atoms with van der Waals surface area (Å²) < 4.78 is 20.7. The SMILES string of the molecule is COc1ccc2c(ccn2Cc2ccc(N)c(F)c2)c1. The molecular formula is C16H15FN2O. The molecule has 20 heavy (non-hydrogen) atoms. The third kappa shape index (κ3) is 2.20. The highest BCUT2D eigenvalue weighted by molar-refractivity contribution is 5.81. The lowest BCUT2D eigenvalue weighted by Crippen LogP contribution is -1.99. The smallest absolute Gasteiger partial charge is 0.146 e. The first-order valence-corrected chi connectivity index (χ1v) is 6.34. The highest BCUT2D eigenvalue weighted by atomic mass is 19.1.